The van der Waals surface area contributed by atoms with Crippen LogP contribution in [0.1, 0.15) is 12.5 Å². The van der Waals surface area contributed by atoms with Crippen LogP contribution in [0.5, 0.6) is 0 Å². The van der Waals surface area contributed by atoms with E-state index in [9.17, 15) is 4.79 Å². The van der Waals surface area contributed by atoms with Crippen LogP contribution in [-0.4, -0.2) is 20.0 Å². The molecule has 2 aromatic rings. The van der Waals surface area contributed by atoms with Gasteiger partial charge in [-0.25, -0.2) is 0 Å². The normalized spacial score (nSPS) is 10.2. The topological polar surface area (TPSA) is 32.3 Å². The number of benzene rings is 2. The number of para-hydroxylation sites is 1. The molecule has 104 valence electrons. The summed E-state index contributed by atoms with van der Waals surface area (Å²) < 4.78 is 0. The summed E-state index contributed by atoms with van der Waals surface area (Å²) in [5, 5.41) is 2.91. The minimum absolute atomic E-state index is 0.0579. The first kappa shape index (κ1) is 14.1. The Morgan fingerprint density at radius 3 is 2.40 bits per heavy atom. The maximum atomic E-state index is 11.4. The van der Waals surface area contributed by atoms with E-state index in [0.29, 0.717) is 0 Å². The Morgan fingerprint density at radius 1 is 1.05 bits per heavy atom. The van der Waals surface area contributed by atoms with Crippen molar-refractivity contribution < 1.29 is 4.79 Å². The average molecular weight is 268 g/mol. The molecule has 1 N–H and O–H groups in total. The van der Waals surface area contributed by atoms with Gasteiger partial charge in [-0.1, -0.05) is 30.3 Å². The summed E-state index contributed by atoms with van der Waals surface area (Å²) in [6, 6.07) is 14.1. The number of amides is 1. The largest absolute Gasteiger partial charge is 0.377 e. The Hall–Kier alpha value is -2.29. The number of hydrogen-bond acceptors (Lipinski definition) is 2. The monoisotopic (exact) mass is 268 g/mol. The first-order chi connectivity index (χ1) is 9.50. The van der Waals surface area contributed by atoms with E-state index in [4.69, 9.17) is 0 Å². The predicted molar refractivity (Wildman–Crippen MR) is 85.2 cm³/mol. The van der Waals surface area contributed by atoms with Gasteiger partial charge in [-0.3, -0.25) is 4.79 Å². The summed E-state index contributed by atoms with van der Waals surface area (Å²) in [7, 11) is 4.05. The van der Waals surface area contributed by atoms with Gasteiger partial charge < -0.3 is 10.2 Å². The van der Waals surface area contributed by atoms with Crippen LogP contribution in [0.2, 0.25) is 0 Å². The summed E-state index contributed by atoms with van der Waals surface area (Å²) in [4.78, 5) is 13.5. The minimum atomic E-state index is -0.0579. The molecule has 3 heteroatoms. The van der Waals surface area contributed by atoms with Crippen molar-refractivity contribution in [2.75, 3.05) is 24.3 Å². The molecule has 0 fully saturated rings. The highest BCUT2D eigenvalue weighted by Crippen LogP contribution is 2.37. The zero-order valence-electron chi connectivity index (χ0n) is 12.4. The number of anilines is 2. The molecular formula is C17H20N2O. The van der Waals surface area contributed by atoms with E-state index in [0.717, 1.165) is 22.5 Å². The lowest BCUT2D eigenvalue weighted by molar-refractivity contribution is -0.114. The van der Waals surface area contributed by atoms with E-state index in [1.807, 2.05) is 38.4 Å². The molecule has 0 saturated heterocycles. The molecule has 0 radical (unpaired) electrons. The molecule has 0 aromatic heterocycles. The van der Waals surface area contributed by atoms with Crippen molar-refractivity contribution in [2.24, 2.45) is 0 Å². The number of hydrogen-bond donors (Lipinski definition) is 1. The highest BCUT2D eigenvalue weighted by molar-refractivity contribution is 5.96. The molecule has 2 rings (SSSR count). The first-order valence-electron chi connectivity index (χ1n) is 6.64. The molecule has 3 nitrogen and oxygen atoms in total. The molecule has 20 heavy (non-hydrogen) atoms. The van der Waals surface area contributed by atoms with Crippen molar-refractivity contribution in [2.45, 2.75) is 13.8 Å². The van der Waals surface area contributed by atoms with Gasteiger partial charge in [0, 0.05) is 43.5 Å². The molecule has 0 atom stereocenters. The number of aryl methyl sites for hydroxylation is 1. The Kier molecular flexibility index (Phi) is 4.08. The number of nitrogens with one attached hydrogen (secondary N) is 1. The lowest BCUT2D eigenvalue weighted by Crippen LogP contribution is -2.12. The summed E-state index contributed by atoms with van der Waals surface area (Å²) in [6.07, 6.45) is 0. The van der Waals surface area contributed by atoms with Crippen LogP contribution in [-0.2, 0) is 4.79 Å². The minimum Gasteiger partial charge on any atom is -0.377 e. The Labute approximate surface area is 120 Å². The Balaban J connectivity index is 2.65. The highest BCUT2D eigenvalue weighted by Gasteiger charge is 2.13. The van der Waals surface area contributed by atoms with Gasteiger partial charge in [0.25, 0.3) is 0 Å². The van der Waals surface area contributed by atoms with Gasteiger partial charge in [-0.05, 0) is 24.6 Å². The smallest absolute Gasteiger partial charge is 0.221 e. The van der Waals surface area contributed by atoms with Crippen LogP contribution in [0, 0.1) is 6.92 Å². The van der Waals surface area contributed by atoms with Crippen molar-refractivity contribution in [3.05, 3.63) is 48.0 Å². The third kappa shape index (κ3) is 2.82. The Morgan fingerprint density at radius 2 is 1.75 bits per heavy atom. The molecule has 0 spiro atoms. The predicted octanol–water partition coefficient (Wildman–Crippen LogP) is 3.69. The van der Waals surface area contributed by atoms with Crippen LogP contribution in [0.15, 0.2) is 42.5 Å². The standard InChI is InChI=1S/C17H20N2O/c1-12-8-7-11-16(19(3)4)17(12)14-9-5-6-10-15(14)18-13(2)20/h5-11H,1-4H3,(H,18,20). The Bertz CT molecular complexity index is 633. The SMILES string of the molecule is CC(=O)Nc1ccccc1-c1c(C)cccc1N(C)C. The fourth-order valence-corrected chi connectivity index (χ4v) is 2.38. The van der Waals surface area contributed by atoms with Crippen molar-refractivity contribution in [3.63, 3.8) is 0 Å². The second-order valence-electron chi connectivity index (χ2n) is 5.09. The molecule has 0 unspecified atom stereocenters. The summed E-state index contributed by atoms with van der Waals surface area (Å²) in [5.41, 5.74) is 5.38. The number of nitrogens with zero attached hydrogens (tertiary/aromatic N) is 1. The molecule has 2 aromatic carbocycles. The third-order valence-electron chi connectivity index (χ3n) is 3.24. The number of rotatable bonds is 3. The number of carbonyl (C=O) groups excluding carboxylic acids is 1. The first-order valence-corrected chi connectivity index (χ1v) is 6.64. The summed E-state index contributed by atoms with van der Waals surface area (Å²) in [5.74, 6) is -0.0579. The van der Waals surface area contributed by atoms with Gasteiger partial charge in [0.15, 0.2) is 0 Å². The molecule has 0 aliphatic heterocycles. The van der Waals surface area contributed by atoms with E-state index in [1.165, 1.54) is 12.5 Å². The fraction of sp³-hybridized carbons (Fsp3) is 0.235. The van der Waals surface area contributed by atoms with Crippen LogP contribution in [0.3, 0.4) is 0 Å². The van der Waals surface area contributed by atoms with Crippen molar-refractivity contribution in [1.82, 2.24) is 0 Å². The van der Waals surface area contributed by atoms with Gasteiger partial charge in [0.2, 0.25) is 5.91 Å². The van der Waals surface area contributed by atoms with Crippen molar-refractivity contribution in [3.8, 4) is 11.1 Å². The molecule has 0 aliphatic carbocycles. The van der Waals surface area contributed by atoms with E-state index < -0.39 is 0 Å². The maximum Gasteiger partial charge on any atom is 0.221 e. The van der Waals surface area contributed by atoms with Crippen molar-refractivity contribution in [1.29, 1.82) is 0 Å². The molecule has 0 heterocycles. The quantitative estimate of drug-likeness (QED) is 0.920. The average Bonchev–Trinajstić information content (AvgIpc) is 2.38. The van der Waals surface area contributed by atoms with Gasteiger partial charge in [0.05, 0.1) is 0 Å². The third-order valence-corrected chi connectivity index (χ3v) is 3.24. The molecule has 0 bridgehead atoms. The number of carbonyl (C=O) groups is 1. The van der Waals surface area contributed by atoms with Crippen molar-refractivity contribution >= 4 is 17.3 Å². The van der Waals surface area contributed by atoms with E-state index in [-0.39, 0.29) is 5.91 Å². The second-order valence-corrected chi connectivity index (χ2v) is 5.09. The summed E-state index contributed by atoms with van der Waals surface area (Å²) >= 11 is 0. The molecule has 0 aliphatic rings. The van der Waals surface area contributed by atoms with E-state index >= 15 is 0 Å². The van der Waals surface area contributed by atoms with E-state index in [1.54, 1.807) is 0 Å². The van der Waals surface area contributed by atoms with Crippen LogP contribution in [0.4, 0.5) is 11.4 Å². The summed E-state index contributed by atoms with van der Waals surface area (Å²) in [6.45, 7) is 3.62. The van der Waals surface area contributed by atoms with E-state index in [2.05, 4.69) is 35.3 Å². The highest BCUT2D eigenvalue weighted by atomic mass is 16.1. The lowest BCUT2D eigenvalue weighted by Gasteiger charge is -2.21. The maximum absolute atomic E-state index is 11.4. The van der Waals surface area contributed by atoms with Gasteiger partial charge in [-0.15, -0.1) is 0 Å². The molecular weight excluding hydrogens is 248 g/mol. The zero-order valence-corrected chi connectivity index (χ0v) is 12.4. The van der Waals surface area contributed by atoms with Gasteiger partial charge in [-0.2, -0.15) is 0 Å². The zero-order chi connectivity index (χ0) is 14.7. The van der Waals surface area contributed by atoms with Gasteiger partial charge in [0.1, 0.15) is 0 Å². The second kappa shape index (κ2) is 5.78. The molecule has 1 amide bonds. The van der Waals surface area contributed by atoms with Crippen LogP contribution in [0.25, 0.3) is 11.1 Å². The molecule has 0 saturated carbocycles. The lowest BCUT2D eigenvalue weighted by atomic mass is 9.96. The van der Waals surface area contributed by atoms with Crippen LogP contribution >= 0.6 is 0 Å². The van der Waals surface area contributed by atoms with Gasteiger partial charge >= 0.3 is 0 Å². The fourth-order valence-electron chi connectivity index (χ4n) is 2.38. The van der Waals surface area contributed by atoms with Crippen LogP contribution < -0.4 is 10.2 Å².